The van der Waals surface area contributed by atoms with Gasteiger partial charge in [0.05, 0.1) is 14.2 Å². The van der Waals surface area contributed by atoms with Crippen molar-refractivity contribution in [1.29, 1.82) is 0 Å². The van der Waals surface area contributed by atoms with Crippen LogP contribution in [-0.4, -0.2) is 41.1 Å². The van der Waals surface area contributed by atoms with Crippen molar-refractivity contribution >= 4 is 23.6 Å². The highest BCUT2D eigenvalue weighted by Crippen LogP contribution is 2.32. The number of imide groups is 1. The monoisotopic (exact) mass is 500 g/mol. The van der Waals surface area contributed by atoms with Gasteiger partial charge in [0.2, 0.25) is 0 Å². The summed E-state index contributed by atoms with van der Waals surface area (Å²) in [6.45, 7) is 0.754. The Labute approximate surface area is 216 Å². The first-order chi connectivity index (χ1) is 18.4. The summed E-state index contributed by atoms with van der Waals surface area (Å²) in [5.74, 6) is 0.832. The van der Waals surface area contributed by atoms with Crippen molar-refractivity contribution in [2.24, 2.45) is 4.99 Å². The van der Waals surface area contributed by atoms with E-state index in [-0.39, 0.29) is 18.2 Å². The summed E-state index contributed by atoms with van der Waals surface area (Å²) in [5, 5.41) is 2.15. The number of urea groups is 1. The molecule has 8 nitrogen and oxygen atoms in total. The number of nitrogens with zero attached hydrogens (tertiary/aromatic N) is 2. The molecule has 5 rings (SSSR count). The van der Waals surface area contributed by atoms with Gasteiger partial charge in [-0.3, -0.25) is 14.9 Å². The number of hydrogen-bond acceptors (Lipinski definition) is 5. The number of aliphatic imine (C=N–C) groups is 1. The van der Waals surface area contributed by atoms with Crippen LogP contribution < -0.4 is 10.1 Å². The fraction of sp³-hybridized carbons (Fsp3) is 0.310. The van der Waals surface area contributed by atoms with Gasteiger partial charge in [0.1, 0.15) is 17.2 Å². The molecule has 190 valence electrons. The van der Waals surface area contributed by atoms with Gasteiger partial charge in [0.15, 0.2) is 0 Å². The molecule has 0 spiro atoms. The normalized spacial score (nSPS) is 16.1. The number of carbonyl (C=O) groups is 3. The van der Waals surface area contributed by atoms with Gasteiger partial charge in [-0.15, -0.1) is 0 Å². The Kier molecular flexibility index (Phi) is 7.05. The van der Waals surface area contributed by atoms with E-state index in [1.54, 1.807) is 23.3 Å². The van der Waals surface area contributed by atoms with Crippen molar-refractivity contribution in [2.45, 2.75) is 51.1 Å². The number of unbranched alkanes of at least 4 members (excludes halogenated alkanes) is 2. The first-order valence-electron chi connectivity index (χ1n) is 13.0. The Hall–Kier alpha value is -4.20. The van der Waals surface area contributed by atoms with Crippen LogP contribution >= 0.6 is 0 Å². The number of ether oxygens (including phenoxy) is 1. The summed E-state index contributed by atoms with van der Waals surface area (Å²) in [6, 6.07) is 17.0. The summed E-state index contributed by atoms with van der Waals surface area (Å²) >= 11 is 0. The van der Waals surface area contributed by atoms with Gasteiger partial charge in [-0.05, 0) is 68.9 Å². The minimum absolute atomic E-state index is 0.185. The molecule has 0 bridgehead atoms. The van der Waals surface area contributed by atoms with E-state index in [0.29, 0.717) is 37.2 Å². The molecule has 4 amide bonds. The zero-order valence-electron chi connectivity index (χ0n) is 21.4. The molecule has 2 aliphatic rings. The van der Waals surface area contributed by atoms with Gasteiger partial charge < -0.3 is 14.1 Å². The molecule has 1 aliphatic heterocycles. The molecule has 2 heterocycles. The number of hydrogen-bond donors (Lipinski definition) is 1. The van der Waals surface area contributed by atoms with Crippen LogP contribution in [0.15, 0.2) is 76.3 Å². The van der Waals surface area contributed by atoms with E-state index in [1.807, 2.05) is 48.5 Å². The van der Waals surface area contributed by atoms with Gasteiger partial charge in [0.25, 0.3) is 11.8 Å². The summed E-state index contributed by atoms with van der Waals surface area (Å²) < 4.78 is 20.2. The van der Waals surface area contributed by atoms with Crippen LogP contribution in [0.5, 0.6) is 5.75 Å². The second-order valence-electron chi connectivity index (χ2n) is 9.10. The number of benzene rings is 2. The molecule has 0 unspecified atom stereocenters. The summed E-state index contributed by atoms with van der Waals surface area (Å²) in [7, 11) is 0. The molecular formula is C29H29N3O5. The molecule has 37 heavy (non-hydrogen) atoms. The Balaban J connectivity index is 1.19. The lowest BCUT2D eigenvalue weighted by Gasteiger charge is -2.24. The van der Waals surface area contributed by atoms with Crippen LogP contribution in [0.1, 0.15) is 55.8 Å². The minimum atomic E-state index is -0.916. The second-order valence-corrected chi connectivity index (χ2v) is 9.10. The smallest absolute Gasteiger partial charge is 0.348 e. The van der Waals surface area contributed by atoms with Crippen molar-refractivity contribution < 1.29 is 24.9 Å². The fourth-order valence-electron chi connectivity index (χ4n) is 4.27. The molecule has 1 fully saturated rings. The maximum atomic E-state index is 13.5. The summed E-state index contributed by atoms with van der Waals surface area (Å²) in [5.41, 5.74) is 2.55. The number of rotatable bonds is 12. The van der Waals surface area contributed by atoms with E-state index in [1.165, 1.54) is 0 Å². The first-order valence-corrected chi connectivity index (χ1v) is 12.5. The predicted molar refractivity (Wildman–Crippen MR) is 138 cm³/mol. The largest absolute Gasteiger partial charge is 0.493 e. The first kappa shape index (κ1) is 23.2. The lowest BCUT2D eigenvalue weighted by Crippen LogP contribution is -2.32. The van der Waals surface area contributed by atoms with E-state index >= 15 is 0 Å². The second kappa shape index (κ2) is 11.2. The third-order valence-electron chi connectivity index (χ3n) is 6.37. The van der Waals surface area contributed by atoms with Crippen LogP contribution in [0.3, 0.4) is 0 Å². The van der Waals surface area contributed by atoms with Gasteiger partial charge in [-0.1, -0.05) is 30.3 Å². The molecular weight excluding hydrogens is 470 g/mol. The Morgan fingerprint density at radius 2 is 1.86 bits per heavy atom. The zero-order chi connectivity index (χ0) is 26.5. The van der Waals surface area contributed by atoms with Crippen LogP contribution in [0.4, 0.5) is 4.79 Å². The Bertz CT molecular complexity index is 1350. The van der Waals surface area contributed by atoms with Gasteiger partial charge >= 0.3 is 6.03 Å². The van der Waals surface area contributed by atoms with Crippen molar-refractivity contribution in [3.63, 3.8) is 0 Å². The zero-order valence-corrected chi connectivity index (χ0v) is 20.4. The molecule has 1 aromatic heterocycles. The number of furan rings is 1. The maximum Gasteiger partial charge on any atom is 0.348 e. The molecule has 0 radical (unpaired) electrons. The van der Waals surface area contributed by atoms with Crippen LogP contribution in [0.25, 0.3) is 11.3 Å². The highest BCUT2D eigenvalue weighted by atomic mass is 16.5. The minimum Gasteiger partial charge on any atom is -0.493 e. The van der Waals surface area contributed by atoms with E-state index < -0.39 is 18.0 Å². The van der Waals surface area contributed by atoms with Crippen molar-refractivity contribution in [1.82, 2.24) is 10.2 Å². The molecule has 0 atom stereocenters. The number of amides is 4. The van der Waals surface area contributed by atoms with Crippen molar-refractivity contribution in [3.8, 4) is 17.1 Å². The standard InChI is InChI=1S/C29H29N3O5/c33-27-24(30-29(35)31-27)8-2-1-5-17-36-26-9-4-3-7-22(26)19-32(23-15-16-23)28(34)21-13-11-20(12-14-21)25-10-6-18-37-25/h3-4,6-7,9-14,18,23H,1-2,5,8,15-17,19H2,(H,31,33,35)/i23D. The topological polar surface area (TPSA) is 101 Å². The number of carbonyl (C=O) groups excluding carboxylic acids is 3. The maximum absolute atomic E-state index is 13.5. The van der Waals surface area contributed by atoms with E-state index in [2.05, 4.69) is 10.3 Å². The SMILES string of the molecule is [2H]C1(N(Cc2ccccc2OCCCCCC2=NC(=O)NC2=O)C(=O)c2ccc(-c3ccco3)cc2)CC1. The lowest BCUT2D eigenvalue weighted by molar-refractivity contribution is -0.113. The van der Waals surface area contributed by atoms with Gasteiger partial charge in [0, 0.05) is 29.3 Å². The third kappa shape index (κ3) is 6.14. The Morgan fingerprint density at radius 1 is 1.05 bits per heavy atom. The molecule has 3 aromatic rings. The van der Waals surface area contributed by atoms with Crippen molar-refractivity contribution in [3.05, 3.63) is 78.1 Å². The molecule has 8 heteroatoms. The van der Waals surface area contributed by atoms with E-state index in [0.717, 1.165) is 36.1 Å². The van der Waals surface area contributed by atoms with E-state index in [4.69, 9.17) is 10.5 Å². The van der Waals surface area contributed by atoms with Crippen LogP contribution in [0, 0.1) is 0 Å². The fourth-order valence-corrected chi connectivity index (χ4v) is 4.27. The Morgan fingerprint density at radius 3 is 2.57 bits per heavy atom. The quantitative estimate of drug-likeness (QED) is 0.337. The highest BCUT2D eigenvalue weighted by molar-refractivity contribution is 6.46. The number of para-hydroxylation sites is 1. The molecule has 0 saturated heterocycles. The summed E-state index contributed by atoms with van der Waals surface area (Å²) in [6.07, 6.45) is 5.66. The van der Waals surface area contributed by atoms with Gasteiger partial charge in [-0.2, -0.15) is 4.99 Å². The third-order valence-corrected chi connectivity index (χ3v) is 6.37. The number of nitrogens with one attached hydrogen (secondary N) is 1. The average Bonchev–Trinajstić information content (AvgIpc) is 3.29. The summed E-state index contributed by atoms with van der Waals surface area (Å²) in [4.78, 5) is 41.5. The van der Waals surface area contributed by atoms with Gasteiger partial charge in [-0.25, -0.2) is 4.79 Å². The molecule has 2 aromatic carbocycles. The molecule has 1 N–H and O–H groups in total. The average molecular weight is 501 g/mol. The van der Waals surface area contributed by atoms with Crippen LogP contribution in [-0.2, 0) is 11.3 Å². The molecule has 1 aliphatic carbocycles. The highest BCUT2D eigenvalue weighted by Gasteiger charge is 2.33. The van der Waals surface area contributed by atoms with Crippen LogP contribution in [0.2, 0.25) is 0 Å². The molecule has 1 saturated carbocycles. The lowest BCUT2D eigenvalue weighted by atomic mass is 10.1. The van der Waals surface area contributed by atoms with Crippen molar-refractivity contribution in [2.75, 3.05) is 6.61 Å². The van der Waals surface area contributed by atoms with E-state index in [9.17, 15) is 14.4 Å². The predicted octanol–water partition coefficient (Wildman–Crippen LogP) is 5.38.